The van der Waals surface area contributed by atoms with E-state index in [4.69, 9.17) is 0 Å². The number of amides is 1. The highest BCUT2D eigenvalue weighted by Crippen LogP contribution is 2.21. The number of carbonyl (C=O) groups is 1. The smallest absolute Gasteiger partial charge is 0.251 e. The second kappa shape index (κ2) is 10.2. The zero-order chi connectivity index (χ0) is 18.9. The highest BCUT2D eigenvalue weighted by Gasteiger charge is 2.15. The third-order valence-electron chi connectivity index (χ3n) is 4.68. The van der Waals surface area contributed by atoms with Crippen LogP contribution in [0, 0.1) is 5.92 Å². The fourth-order valence-corrected chi connectivity index (χ4v) is 3.09. The number of benzene rings is 2. The maximum Gasteiger partial charge on any atom is 0.251 e. The predicted octanol–water partition coefficient (Wildman–Crippen LogP) is 4.42. The van der Waals surface area contributed by atoms with E-state index >= 15 is 0 Å². The molecule has 1 saturated heterocycles. The fraction of sp³-hybridized carbons (Fsp3) is 0.500. The highest BCUT2D eigenvalue weighted by molar-refractivity contribution is 5.98. The van der Waals surface area contributed by atoms with Gasteiger partial charge >= 0.3 is 0 Å². The van der Waals surface area contributed by atoms with Crippen LogP contribution in [-0.4, -0.2) is 42.1 Å². The summed E-state index contributed by atoms with van der Waals surface area (Å²) in [6, 6.07) is 10.7. The summed E-state index contributed by atoms with van der Waals surface area (Å²) in [7, 11) is 0. The second-order valence-electron chi connectivity index (χ2n) is 7.23. The molecule has 0 spiro atoms. The lowest BCUT2D eigenvalue weighted by atomic mass is 9.99. The van der Waals surface area contributed by atoms with Gasteiger partial charge in [0.15, 0.2) is 0 Å². The SMILES string of the molecule is CC1CCN(CCNC(=O)c2ccc3cc(O)ccc3c2)CC1.CCC. The van der Waals surface area contributed by atoms with Gasteiger partial charge in [0.2, 0.25) is 0 Å². The summed E-state index contributed by atoms with van der Waals surface area (Å²) in [6.07, 6.45) is 3.76. The van der Waals surface area contributed by atoms with Gasteiger partial charge in [-0.2, -0.15) is 0 Å². The van der Waals surface area contributed by atoms with Crippen LogP contribution in [0.5, 0.6) is 5.75 Å². The Balaban J connectivity index is 0.000000758. The normalized spacial score (nSPS) is 15.3. The molecule has 0 aliphatic carbocycles. The molecule has 0 unspecified atom stereocenters. The summed E-state index contributed by atoms with van der Waals surface area (Å²) >= 11 is 0. The van der Waals surface area contributed by atoms with Gasteiger partial charge in [-0.25, -0.2) is 0 Å². The summed E-state index contributed by atoms with van der Waals surface area (Å²) in [5, 5.41) is 14.4. The zero-order valence-corrected chi connectivity index (χ0v) is 16.3. The summed E-state index contributed by atoms with van der Waals surface area (Å²) in [4.78, 5) is 14.7. The number of aromatic hydroxyl groups is 1. The first-order valence-electron chi connectivity index (χ1n) is 9.76. The van der Waals surface area contributed by atoms with Crippen molar-refractivity contribution in [3.05, 3.63) is 42.0 Å². The van der Waals surface area contributed by atoms with Gasteiger partial charge in [-0.05, 0) is 66.9 Å². The molecule has 4 heteroatoms. The van der Waals surface area contributed by atoms with E-state index in [2.05, 4.69) is 31.0 Å². The predicted molar refractivity (Wildman–Crippen MR) is 109 cm³/mol. The number of nitrogens with one attached hydrogen (secondary N) is 1. The van der Waals surface area contributed by atoms with Crippen molar-refractivity contribution in [3.8, 4) is 5.75 Å². The lowest BCUT2D eigenvalue weighted by Crippen LogP contribution is -2.39. The maximum absolute atomic E-state index is 12.3. The van der Waals surface area contributed by atoms with Gasteiger partial charge in [0.05, 0.1) is 0 Å². The van der Waals surface area contributed by atoms with Gasteiger partial charge in [0.1, 0.15) is 5.75 Å². The van der Waals surface area contributed by atoms with E-state index in [0.717, 1.165) is 36.3 Å². The van der Waals surface area contributed by atoms with Crippen LogP contribution in [0.3, 0.4) is 0 Å². The number of hydrogen-bond donors (Lipinski definition) is 2. The van der Waals surface area contributed by atoms with Crippen LogP contribution in [0.25, 0.3) is 10.8 Å². The Bertz CT molecular complexity index is 706. The van der Waals surface area contributed by atoms with E-state index in [1.165, 1.54) is 19.3 Å². The molecule has 2 N–H and O–H groups in total. The number of phenols is 1. The van der Waals surface area contributed by atoms with E-state index in [-0.39, 0.29) is 11.7 Å². The standard InChI is InChI=1S/C19H24N2O2.C3H8/c1-14-6-9-21(10-7-14)11-8-20-19(23)17-3-2-16-13-18(22)5-4-15(16)12-17;1-3-2/h2-5,12-14,22H,6-11H2,1H3,(H,20,23);3H2,1-2H3. The van der Waals surface area contributed by atoms with Gasteiger partial charge < -0.3 is 15.3 Å². The number of rotatable bonds is 4. The average Bonchev–Trinajstić information content (AvgIpc) is 2.63. The summed E-state index contributed by atoms with van der Waals surface area (Å²) in [5.41, 5.74) is 0.662. The Hall–Kier alpha value is -2.07. The number of likely N-dealkylation sites (tertiary alicyclic amines) is 1. The largest absolute Gasteiger partial charge is 0.508 e. The minimum Gasteiger partial charge on any atom is -0.508 e. The first kappa shape index (κ1) is 20.2. The molecule has 4 nitrogen and oxygen atoms in total. The number of phenolic OH excluding ortho intramolecular Hbond substituents is 1. The van der Waals surface area contributed by atoms with Crippen molar-refractivity contribution in [1.82, 2.24) is 10.2 Å². The summed E-state index contributed by atoms with van der Waals surface area (Å²) < 4.78 is 0. The van der Waals surface area contributed by atoms with E-state index < -0.39 is 0 Å². The van der Waals surface area contributed by atoms with Crippen LogP contribution in [0.15, 0.2) is 36.4 Å². The number of carbonyl (C=O) groups excluding carboxylic acids is 1. The second-order valence-corrected chi connectivity index (χ2v) is 7.23. The fourth-order valence-electron chi connectivity index (χ4n) is 3.09. The molecule has 0 atom stereocenters. The van der Waals surface area contributed by atoms with Crippen molar-refractivity contribution in [2.45, 2.75) is 40.0 Å². The quantitative estimate of drug-likeness (QED) is 0.852. The molecule has 0 saturated carbocycles. The van der Waals surface area contributed by atoms with Crippen molar-refractivity contribution in [2.24, 2.45) is 5.92 Å². The van der Waals surface area contributed by atoms with E-state index in [0.29, 0.717) is 12.1 Å². The topological polar surface area (TPSA) is 52.6 Å². The highest BCUT2D eigenvalue weighted by atomic mass is 16.3. The van der Waals surface area contributed by atoms with Crippen molar-refractivity contribution in [1.29, 1.82) is 0 Å². The molecule has 1 aliphatic heterocycles. The Morgan fingerprint density at radius 1 is 1.12 bits per heavy atom. The Morgan fingerprint density at radius 3 is 2.42 bits per heavy atom. The molecule has 0 radical (unpaired) electrons. The lowest BCUT2D eigenvalue weighted by Gasteiger charge is -2.30. The number of fused-ring (bicyclic) bond motifs is 1. The maximum atomic E-state index is 12.3. The number of hydrogen-bond acceptors (Lipinski definition) is 3. The molecule has 26 heavy (non-hydrogen) atoms. The summed E-state index contributed by atoms with van der Waals surface area (Å²) in [5.74, 6) is 1.04. The lowest BCUT2D eigenvalue weighted by molar-refractivity contribution is 0.0944. The first-order chi connectivity index (χ1) is 12.5. The van der Waals surface area contributed by atoms with Gasteiger partial charge in [0, 0.05) is 18.7 Å². The Kier molecular flexibility index (Phi) is 7.92. The van der Waals surface area contributed by atoms with Crippen molar-refractivity contribution < 1.29 is 9.90 Å². The summed E-state index contributed by atoms with van der Waals surface area (Å²) in [6.45, 7) is 10.4. The molecule has 1 heterocycles. The number of piperidine rings is 1. The molecule has 1 fully saturated rings. The van der Waals surface area contributed by atoms with Gasteiger partial charge in [-0.3, -0.25) is 4.79 Å². The minimum absolute atomic E-state index is 0.0367. The molecule has 2 aromatic carbocycles. The van der Waals surface area contributed by atoms with Crippen LogP contribution < -0.4 is 5.32 Å². The first-order valence-corrected chi connectivity index (χ1v) is 9.76. The third-order valence-corrected chi connectivity index (χ3v) is 4.68. The molecule has 1 aliphatic rings. The van der Waals surface area contributed by atoms with Crippen molar-refractivity contribution >= 4 is 16.7 Å². The molecule has 0 bridgehead atoms. The molecule has 3 rings (SSSR count). The minimum atomic E-state index is -0.0367. The molecule has 0 aromatic heterocycles. The van der Waals surface area contributed by atoms with Crippen LogP contribution >= 0.6 is 0 Å². The van der Waals surface area contributed by atoms with E-state index in [1.807, 2.05) is 18.2 Å². The number of nitrogens with zero attached hydrogens (tertiary/aromatic N) is 1. The third kappa shape index (κ3) is 6.03. The van der Waals surface area contributed by atoms with Crippen molar-refractivity contribution in [2.75, 3.05) is 26.2 Å². The molecule has 142 valence electrons. The molecular formula is C22H32N2O2. The monoisotopic (exact) mass is 356 g/mol. The van der Waals surface area contributed by atoms with Gasteiger partial charge in [-0.1, -0.05) is 39.3 Å². The molecule has 1 amide bonds. The van der Waals surface area contributed by atoms with Crippen LogP contribution in [0.1, 0.15) is 50.4 Å². The molecular weight excluding hydrogens is 324 g/mol. The van der Waals surface area contributed by atoms with Crippen LogP contribution in [-0.2, 0) is 0 Å². The molecule has 2 aromatic rings. The van der Waals surface area contributed by atoms with E-state index in [1.54, 1.807) is 18.2 Å². The van der Waals surface area contributed by atoms with Gasteiger partial charge in [0.25, 0.3) is 5.91 Å². The Labute approximate surface area is 157 Å². The van der Waals surface area contributed by atoms with Crippen LogP contribution in [0.4, 0.5) is 0 Å². The van der Waals surface area contributed by atoms with Crippen LogP contribution in [0.2, 0.25) is 0 Å². The zero-order valence-electron chi connectivity index (χ0n) is 16.3. The Morgan fingerprint density at radius 2 is 1.73 bits per heavy atom. The van der Waals surface area contributed by atoms with E-state index in [9.17, 15) is 9.90 Å². The average molecular weight is 357 g/mol. The van der Waals surface area contributed by atoms with Crippen molar-refractivity contribution in [3.63, 3.8) is 0 Å². The van der Waals surface area contributed by atoms with Gasteiger partial charge in [-0.15, -0.1) is 0 Å².